The summed E-state index contributed by atoms with van der Waals surface area (Å²) in [4.78, 5) is 254. The Kier molecular flexibility index (Phi) is 38.6. The molecule has 688 valence electrons. The normalized spacial score (nSPS) is 20.2. The van der Waals surface area contributed by atoms with Gasteiger partial charge in [-0.3, -0.25) is 86.3 Å². The van der Waals surface area contributed by atoms with Gasteiger partial charge in [0.25, 0.3) is 0 Å². The van der Waals surface area contributed by atoms with Gasteiger partial charge < -0.3 is 122 Å². The lowest BCUT2D eigenvalue weighted by atomic mass is 9.87. The summed E-state index contributed by atoms with van der Waals surface area (Å²) in [5, 5.41) is 57.1. The Labute approximate surface area is 735 Å². The van der Waals surface area contributed by atoms with Crippen LogP contribution >= 0.6 is 11.8 Å². The standard InChI is InChI=1S/C85H115N19O22S/c1-46(105)72-83(123)100-64(41-52-44-92-56-17-11-10-16-55(52)56)79(119)95-57(24-27-67(86)107)74(114)101-66(45-127-37-30-60(93-47(2)106)76(116)94-58(77(117)103-72)25-28-68(87)108)81(121)97-62(39-48-19-22-54(23-20-48)126-36-33-91-53-14-6-4-3-5-7-15-53)78(118)98-63(40-49-18-21-50-12-8-9-13-51(50)38-49)82(122)104-85(31-34-125-35-32-85)84(124)102-59(26-29-71(111)112)75(115)99-65(43-70(89)110)80(120)96-61(73(90)113)42-69(88)109/h8-13,16-23,38,44,46,53,57-66,72,91-92,105H,3-7,14-15,24-37,39-43,45H2,1-2H3,(H2,86,107)(H2,87,108)(H2,88,109)(H2,89,110)(H2,90,113)(H,93,106)(H,94,116)(H,95,119)(H,96,120)(H,97,121)(H,98,118)(H,99,115)(H,100,123)(H,101,114)(H,102,124)(H,103,117)(H,104,122)(H,111,112). The molecule has 4 aromatic carbocycles. The topological polar surface area (TPSA) is 668 Å². The molecule has 41 nitrogen and oxygen atoms in total. The fraction of sp³-hybridized carbons (Fsp3) is 0.506. The Morgan fingerprint density at radius 1 is 0.575 bits per heavy atom. The Morgan fingerprint density at radius 3 is 1.77 bits per heavy atom. The maximum Gasteiger partial charge on any atom is 0.303 e. The van der Waals surface area contributed by atoms with Crippen molar-refractivity contribution < 1.29 is 106 Å². The van der Waals surface area contributed by atoms with Gasteiger partial charge in [-0.05, 0) is 96.9 Å². The maximum atomic E-state index is 15.9. The Bertz CT molecular complexity index is 4770. The molecule has 17 amide bonds. The Morgan fingerprint density at radius 2 is 1.13 bits per heavy atom. The van der Waals surface area contributed by atoms with E-state index >= 15 is 28.8 Å². The van der Waals surface area contributed by atoms with Crippen LogP contribution in [0, 0.1) is 0 Å². The average molecular weight is 1790 g/mol. The number of nitrogens with two attached hydrogens (primary N) is 5. The molecule has 0 spiro atoms. The largest absolute Gasteiger partial charge is 0.492 e. The number of nitrogens with one attached hydrogen (secondary N) is 14. The van der Waals surface area contributed by atoms with Crippen molar-refractivity contribution in [2.75, 3.05) is 37.9 Å². The molecule has 5 aromatic rings. The zero-order chi connectivity index (χ0) is 92.4. The van der Waals surface area contributed by atoms with Gasteiger partial charge in [-0.15, -0.1) is 0 Å². The first-order chi connectivity index (χ1) is 60.5. The number of aliphatic hydroxyl groups excluding tert-OH is 1. The summed E-state index contributed by atoms with van der Waals surface area (Å²) in [5.74, 6) is -20.1. The number of hydrogen-bond acceptors (Lipinski definition) is 23. The van der Waals surface area contributed by atoms with E-state index in [1.165, 1.54) is 6.42 Å². The minimum absolute atomic E-state index is 0.156. The number of carboxylic acid groups (broad SMARTS) is 1. The van der Waals surface area contributed by atoms with Gasteiger partial charge in [-0.1, -0.05) is 105 Å². The van der Waals surface area contributed by atoms with E-state index in [4.69, 9.17) is 38.1 Å². The van der Waals surface area contributed by atoms with Gasteiger partial charge in [0.15, 0.2) is 0 Å². The van der Waals surface area contributed by atoms with Crippen molar-refractivity contribution in [3.63, 3.8) is 0 Å². The molecule has 12 atom stereocenters. The predicted molar refractivity (Wildman–Crippen MR) is 461 cm³/mol. The van der Waals surface area contributed by atoms with Crippen LogP contribution in [0.4, 0.5) is 0 Å². The molecule has 0 bridgehead atoms. The van der Waals surface area contributed by atoms with Crippen molar-refractivity contribution in [1.82, 2.24) is 74.1 Å². The van der Waals surface area contributed by atoms with Gasteiger partial charge in [-0.25, -0.2) is 0 Å². The fourth-order valence-corrected chi connectivity index (χ4v) is 16.0. The van der Waals surface area contributed by atoms with E-state index in [0.717, 1.165) is 69.5 Å². The van der Waals surface area contributed by atoms with Gasteiger partial charge in [0.05, 0.1) is 18.9 Å². The van der Waals surface area contributed by atoms with Crippen molar-refractivity contribution in [3.8, 4) is 5.75 Å². The summed E-state index contributed by atoms with van der Waals surface area (Å²) >= 11 is 0.920. The molecule has 3 heterocycles. The number of H-pyrrole nitrogens is 1. The minimum atomic E-state index is -2.09. The smallest absolute Gasteiger partial charge is 0.303 e. The van der Waals surface area contributed by atoms with E-state index < -0.39 is 248 Å². The second-order valence-electron chi connectivity index (χ2n) is 31.9. The average Bonchev–Trinajstić information content (AvgIpc) is 1.11. The zero-order valence-electron chi connectivity index (χ0n) is 70.7. The van der Waals surface area contributed by atoms with E-state index in [1.54, 1.807) is 91.1 Å². The lowest BCUT2D eigenvalue weighted by Crippen LogP contribution is -2.67. The summed E-state index contributed by atoms with van der Waals surface area (Å²) in [6.45, 7) is 2.60. The molecule has 3 fully saturated rings. The van der Waals surface area contributed by atoms with Gasteiger partial charge >= 0.3 is 5.97 Å². The molecular weight excluding hydrogens is 1670 g/mol. The van der Waals surface area contributed by atoms with E-state index in [-0.39, 0.29) is 57.7 Å². The van der Waals surface area contributed by atoms with Gasteiger partial charge in [0.1, 0.15) is 84.4 Å². The number of rotatable bonds is 39. The molecule has 8 rings (SSSR count). The third kappa shape index (κ3) is 32.0. The Balaban J connectivity index is 1.19. The first-order valence-corrected chi connectivity index (χ1v) is 43.3. The minimum Gasteiger partial charge on any atom is -0.492 e. The van der Waals surface area contributed by atoms with Crippen LogP contribution in [0.3, 0.4) is 0 Å². The summed E-state index contributed by atoms with van der Waals surface area (Å²) in [6.07, 6.45) is 0.209. The number of amides is 17. The summed E-state index contributed by atoms with van der Waals surface area (Å²) < 4.78 is 11.8. The molecule has 26 N–H and O–H groups in total. The number of carbonyl (C=O) groups excluding carboxylic acids is 17. The molecule has 3 aliphatic rings. The number of aromatic amines is 1. The highest BCUT2D eigenvalue weighted by atomic mass is 32.2. The van der Waals surface area contributed by atoms with E-state index in [2.05, 4.69) is 74.1 Å². The van der Waals surface area contributed by atoms with Crippen molar-refractivity contribution in [2.24, 2.45) is 28.7 Å². The maximum absolute atomic E-state index is 15.9. The number of carbonyl (C=O) groups is 18. The molecule has 1 aliphatic carbocycles. The molecular formula is C85H115N19O22S. The summed E-state index contributed by atoms with van der Waals surface area (Å²) in [6, 6.07) is 6.66. The molecule has 1 aromatic heterocycles. The van der Waals surface area contributed by atoms with Crippen LogP contribution in [0.5, 0.6) is 5.75 Å². The number of fused-ring (bicyclic) bond motifs is 2. The van der Waals surface area contributed by atoms with E-state index in [0.29, 0.717) is 51.3 Å². The van der Waals surface area contributed by atoms with Crippen LogP contribution in [0.2, 0.25) is 0 Å². The number of aliphatic hydroxyl groups is 1. The quantitative estimate of drug-likeness (QED) is 0.0171. The summed E-state index contributed by atoms with van der Waals surface area (Å²) in [5.41, 5.74) is 27.1. The molecule has 12 unspecified atom stereocenters. The van der Waals surface area contributed by atoms with E-state index in [9.17, 15) is 67.7 Å². The van der Waals surface area contributed by atoms with Crippen molar-refractivity contribution >= 4 is 140 Å². The van der Waals surface area contributed by atoms with Crippen LogP contribution in [0.25, 0.3) is 21.7 Å². The summed E-state index contributed by atoms with van der Waals surface area (Å²) in [7, 11) is 0. The SMILES string of the molecule is CC(=O)NC1CCSCC(C(=O)NC(Cc2ccc(OCCNC3CCCCCCC3)cc2)C(=O)NC(Cc2ccc3ccccc3c2)C(=O)NC2(C(=O)NC(CCC(=O)O)C(=O)NC(CC(N)=O)C(=O)NC(CC(N)=O)C(N)=O)CCOCC2)NC(=O)C(CCC(N)=O)NC(=O)C(Cc2c[nH]c3ccccc23)NC(=O)C(C(C)O)NC(=O)C(CCC(N)=O)NC1=O. The Hall–Kier alpha value is -12.8. The number of para-hydroxylation sites is 1. The van der Waals surface area contributed by atoms with Crippen LogP contribution in [0.1, 0.15) is 146 Å². The third-order valence-electron chi connectivity index (χ3n) is 21.9. The number of aliphatic carboxylic acids is 1. The second-order valence-corrected chi connectivity index (χ2v) is 33.0. The number of thioether (sulfide) groups is 1. The number of ether oxygens (including phenoxy) is 2. The molecule has 2 aliphatic heterocycles. The van der Waals surface area contributed by atoms with Gasteiger partial charge in [0.2, 0.25) is 100 Å². The zero-order valence-corrected chi connectivity index (χ0v) is 71.5. The molecule has 127 heavy (non-hydrogen) atoms. The number of carboxylic acids is 1. The van der Waals surface area contributed by atoms with Gasteiger partial charge in [0, 0.05) is 107 Å². The first-order valence-electron chi connectivity index (χ1n) is 42.1. The number of hydrogen-bond donors (Lipinski definition) is 21. The highest BCUT2D eigenvalue weighted by Gasteiger charge is 2.46. The molecule has 2 saturated heterocycles. The van der Waals surface area contributed by atoms with Crippen LogP contribution in [-0.4, -0.2) is 244 Å². The van der Waals surface area contributed by atoms with Crippen LogP contribution in [-0.2, 0) is 110 Å². The molecule has 0 radical (unpaired) electrons. The number of primary amides is 5. The highest BCUT2D eigenvalue weighted by Crippen LogP contribution is 2.26. The number of aromatic nitrogens is 1. The van der Waals surface area contributed by atoms with Crippen LogP contribution < -0.4 is 103 Å². The molecule has 1 saturated carbocycles. The fourth-order valence-electron chi connectivity index (χ4n) is 15.0. The van der Waals surface area contributed by atoms with E-state index in [1.807, 2.05) is 6.07 Å². The second kappa shape index (κ2) is 49.2. The lowest BCUT2D eigenvalue weighted by molar-refractivity contribution is -0.142. The highest BCUT2D eigenvalue weighted by molar-refractivity contribution is 7.99. The number of benzene rings is 4. The molecule has 42 heteroatoms. The first kappa shape index (κ1) is 99.6. The monoisotopic (exact) mass is 1790 g/mol. The van der Waals surface area contributed by atoms with Crippen LogP contribution in [0.15, 0.2) is 97.2 Å². The van der Waals surface area contributed by atoms with Crippen molar-refractivity contribution in [3.05, 3.63) is 114 Å². The third-order valence-corrected chi connectivity index (χ3v) is 23.0. The lowest BCUT2D eigenvalue weighted by Gasteiger charge is -2.38. The predicted octanol–water partition coefficient (Wildman–Crippen LogP) is -3.40. The van der Waals surface area contributed by atoms with Crippen molar-refractivity contribution in [2.45, 2.75) is 233 Å². The van der Waals surface area contributed by atoms with Gasteiger partial charge in [-0.2, -0.15) is 11.8 Å². The van der Waals surface area contributed by atoms with Crippen molar-refractivity contribution in [1.29, 1.82) is 0 Å².